The van der Waals surface area contributed by atoms with Gasteiger partial charge < -0.3 is 10.1 Å². The van der Waals surface area contributed by atoms with Crippen molar-refractivity contribution in [3.63, 3.8) is 0 Å². The lowest BCUT2D eigenvalue weighted by atomic mass is 10.2. The first-order valence-electron chi connectivity index (χ1n) is 5.98. The number of amides is 1. The number of anilines is 1. The number of rotatable bonds is 4. The summed E-state index contributed by atoms with van der Waals surface area (Å²) in [6, 6.07) is 13.4. The fourth-order valence-corrected chi connectivity index (χ4v) is 1.88. The number of hydrogen-bond donors (Lipinski definition) is 1. The highest BCUT2D eigenvalue weighted by Gasteiger charge is 2.09. The largest absolute Gasteiger partial charge is 0.455 e. The van der Waals surface area contributed by atoms with E-state index in [-0.39, 0.29) is 6.42 Å². The Morgan fingerprint density at radius 3 is 2.48 bits per heavy atom. The Morgan fingerprint density at radius 2 is 1.81 bits per heavy atom. The third-order valence-electron chi connectivity index (χ3n) is 2.50. The number of benzene rings is 2. The van der Waals surface area contributed by atoms with E-state index in [0.29, 0.717) is 27.2 Å². The van der Waals surface area contributed by atoms with Crippen molar-refractivity contribution in [3.05, 3.63) is 52.5 Å². The van der Waals surface area contributed by atoms with Crippen LogP contribution in [0.1, 0.15) is 6.42 Å². The smallest absolute Gasteiger partial charge is 0.238 e. The number of hydrogen-bond acceptors (Lipinski definition) is 3. The van der Waals surface area contributed by atoms with E-state index < -0.39 is 5.91 Å². The van der Waals surface area contributed by atoms with Gasteiger partial charge in [0.05, 0.1) is 11.8 Å². The lowest BCUT2D eigenvalue weighted by Crippen LogP contribution is -2.10. The first-order chi connectivity index (χ1) is 10.1. The zero-order valence-electron chi connectivity index (χ0n) is 10.8. The number of carbonyl (C=O) groups is 1. The molecule has 0 aliphatic heterocycles. The number of nitriles is 1. The van der Waals surface area contributed by atoms with Gasteiger partial charge in [-0.1, -0.05) is 23.2 Å². The Kier molecular flexibility index (Phi) is 5.04. The van der Waals surface area contributed by atoms with Gasteiger partial charge in [0.15, 0.2) is 5.75 Å². The van der Waals surface area contributed by atoms with Crippen LogP contribution >= 0.6 is 23.2 Å². The monoisotopic (exact) mass is 320 g/mol. The van der Waals surface area contributed by atoms with Crippen molar-refractivity contribution in [2.45, 2.75) is 6.42 Å². The molecule has 2 rings (SSSR count). The maximum atomic E-state index is 11.5. The minimum absolute atomic E-state index is 0.243. The molecule has 0 atom stereocenters. The van der Waals surface area contributed by atoms with E-state index in [1.165, 1.54) is 0 Å². The molecule has 2 aromatic rings. The number of carbonyl (C=O) groups excluding carboxylic acids is 1. The Morgan fingerprint density at radius 1 is 1.14 bits per heavy atom. The summed E-state index contributed by atoms with van der Waals surface area (Å²) in [6.45, 7) is 0. The van der Waals surface area contributed by atoms with Crippen LogP contribution in [0.2, 0.25) is 10.0 Å². The minimum Gasteiger partial charge on any atom is -0.455 e. The Bertz CT molecular complexity index is 694. The summed E-state index contributed by atoms with van der Waals surface area (Å²) in [4.78, 5) is 11.5. The molecule has 0 unspecified atom stereocenters. The molecule has 0 spiro atoms. The topological polar surface area (TPSA) is 62.1 Å². The third-order valence-corrected chi connectivity index (χ3v) is 2.98. The molecule has 0 radical (unpaired) electrons. The molecule has 0 heterocycles. The molecule has 0 aliphatic rings. The van der Waals surface area contributed by atoms with Gasteiger partial charge >= 0.3 is 0 Å². The average molecular weight is 321 g/mol. The van der Waals surface area contributed by atoms with Gasteiger partial charge in [-0.05, 0) is 42.5 Å². The molecule has 2 aromatic carbocycles. The van der Waals surface area contributed by atoms with Gasteiger partial charge in [-0.25, -0.2) is 0 Å². The van der Waals surface area contributed by atoms with Crippen LogP contribution in [0.5, 0.6) is 11.5 Å². The van der Waals surface area contributed by atoms with Gasteiger partial charge in [-0.15, -0.1) is 0 Å². The van der Waals surface area contributed by atoms with Crippen LogP contribution in [0, 0.1) is 11.3 Å². The predicted octanol–water partition coefficient (Wildman–Crippen LogP) is 4.64. The zero-order chi connectivity index (χ0) is 15.2. The Labute approximate surface area is 131 Å². The number of ether oxygens (including phenoxy) is 1. The maximum Gasteiger partial charge on any atom is 0.238 e. The maximum absolute atomic E-state index is 11.5. The van der Waals surface area contributed by atoms with E-state index in [4.69, 9.17) is 33.2 Å². The lowest BCUT2D eigenvalue weighted by molar-refractivity contribution is -0.115. The van der Waals surface area contributed by atoms with E-state index in [9.17, 15) is 4.79 Å². The van der Waals surface area contributed by atoms with E-state index in [1.807, 2.05) is 0 Å². The minimum atomic E-state index is -0.430. The van der Waals surface area contributed by atoms with Crippen LogP contribution in [0.25, 0.3) is 0 Å². The molecule has 0 saturated carbocycles. The van der Waals surface area contributed by atoms with Crippen molar-refractivity contribution in [1.82, 2.24) is 0 Å². The predicted molar refractivity (Wildman–Crippen MR) is 81.8 cm³/mol. The van der Waals surface area contributed by atoms with Crippen molar-refractivity contribution >= 4 is 34.8 Å². The highest BCUT2D eigenvalue weighted by molar-refractivity contribution is 6.31. The standard InChI is InChI=1S/C15H10Cl2N2O2/c16-10-1-4-12(5-2-10)21-14-6-3-11(17)9-13(14)19-15(20)7-8-18/h1-6,9H,7H2,(H,19,20). The molecular formula is C15H10Cl2N2O2. The van der Waals surface area contributed by atoms with Crippen molar-refractivity contribution in [2.24, 2.45) is 0 Å². The third kappa shape index (κ3) is 4.38. The van der Waals surface area contributed by atoms with E-state index in [1.54, 1.807) is 48.5 Å². The summed E-state index contributed by atoms with van der Waals surface area (Å²) in [5, 5.41) is 12.2. The summed E-state index contributed by atoms with van der Waals surface area (Å²) in [7, 11) is 0. The molecule has 21 heavy (non-hydrogen) atoms. The summed E-state index contributed by atoms with van der Waals surface area (Å²) >= 11 is 11.7. The van der Waals surface area contributed by atoms with Gasteiger partial charge in [-0.2, -0.15) is 5.26 Å². The Balaban J connectivity index is 2.24. The molecule has 0 aliphatic carbocycles. The molecular weight excluding hydrogens is 311 g/mol. The van der Waals surface area contributed by atoms with Gasteiger partial charge in [0.1, 0.15) is 12.2 Å². The summed E-state index contributed by atoms with van der Waals surface area (Å²) in [6.07, 6.45) is -0.243. The van der Waals surface area contributed by atoms with Crippen molar-refractivity contribution < 1.29 is 9.53 Å². The van der Waals surface area contributed by atoms with Crippen molar-refractivity contribution in [3.8, 4) is 17.6 Å². The van der Waals surface area contributed by atoms with Crippen molar-refractivity contribution in [2.75, 3.05) is 5.32 Å². The molecule has 0 saturated heterocycles. The molecule has 6 heteroatoms. The van der Waals surface area contributed by atoms with Gasteiger partial charge in [0.25, 0.3) is 0 Å². The fourth-order valence-electron chi connectivity index (χ4n) is 1.58. The van der Waals surface area contributed by atoms with Crippen LogP contribution in [-0.2, 0) is 4.79 Å². The molecule has 0 fully saturated rings. The number of halogens is 2. The van der Waals surface area contributed by atoms with Gasteiger partial charge in [-0.3, -0.25) is 4.79 Å². The normalized spacial score (nSPS) is 9.76. The molecule has 106 valence electrons. The second-order valence-corrected chi connectivity index (χ2v) is 4.95. The highest BCUT2D eigenvalue weighted by Crippen LogP contribution is 2.32. The number of nitrogens with one attached hydrogen (secondary N) is 1. The van der Waals surface area contributed by atoms with Crippen LogP contribution < -0.4 is 10.1 Å². The van der Waals surface area contributed by atoms with E-state index in [2.05, 4.69) is 5.32 Å². The number of nitrogens with zero attached hydrogens (tertiary/aromatic N) is 1. The summed E-state index contributed by atoms with van der Waals surface area (Å²) in [5.41, 5.74) is 0.401. The zero-order valence-corrected chi connectivity index (χ0v) is 12.3. The van der Waals surface area contributed by atoms with Crippen LogP contribution in [0.3, 0.4) is 0 Å². The molecule has 1 N–H and O–H groups in total. The van der Waals surface area contributed by atoms with Gasteiger partial charge in [0, 0.05) is 10.0 Å². The molecule has 1 amide bonds. The van der Waals surface area contributed by atoms with Crippen LogP contribution in [0.4, 0.5) is 5.69 Å². The second-order valence-electron chi connectivity index (χ2n) is 4.08. The highest BCUT2D eigenvalue weighted by atomic mass is 35.5. The van der Waals surface area contributed by atoms with E-state index >= 15 is 0 Å². The SMILES string of the molecule is N#CCC(=O)Nc1cc(Cl)ccc1Oc1ccc(Cl)cc1. The molecule has 0 bridgehead atoms. The van der Waals surface area contributed by atoms with E-state index in [0.717, 1.165) is 0 Å². The quantitative estimate of drug-likeness (QED) is 0.892. The fraction of sp³-hybridized carbons (Fsp3) is 0.0667. The summed E-state index contributed by atoms with van der Waals surface area (Å²) in [5.74, 6) is 0.561. The average Bonchev–Trinajstić information content (AvgIpc) is 2.44. The second kappa shape index (κ2) is 6.98. The summed E-state index contributed by atoms with van der Waals surface area (Å²) < 4.78 is 5.68. The first kappa shape index (κ1) is 15.2. The molecule has 4 nitrogen and oxygen atoms in total. The molecule has 0 aromatic heterocycles. The van der Waals surface area contributed by atoms with Gasteiger partial charge in [0.2, 0.25) is 5.91 Å². The lowest BCUT2D eigenvalue weighted by Gasteiger charge is -2.12. The first-order valence-corrected chi connectivity index (χ1v) is 6.74. The van der Waals surface area contributed by atoms with Crippen LogP contribution in [0.15, 0.2) is 42.5 Å². The Hall–Kier alpha value is -2.22. The van der Waals surface area contributed by atoms with Crippen LogP contribution in [-0.4, -0.2) is 5.91 Å². The van der Waals surface area contributed by atoms with Crippen molar-refractivity contribution in [1.29, 1.82) is 5.26 Å².